The molecule has 0 N–H and O–H groups in total. The van der Waals surface area contributed by atoms with Crippen molar-refractivity contribution in [1.82, 2.24) is 4.90 Å². The number of methoxy groups -OCH3 is 1. The minimum absolute atomic E-state index is 0.183. The average Bonchev–Trinajstić information content (AvgIpc) is 3.03. The van der Waals surface area contributed by atoms with Crippen molar-refractivity contribution in [3.63, 3.8) is 0 Å². The van der Waals surface area contributed by atoms with Crippen LogP contribution in [0.25, 0.3) is 0 Å². The Hall–Kier alpha value is -2.54. The number of piperidine rings is 1. The van der Waals surface area contributed by atoms with Crippen LogP contribution in [0.1, 0.15) is 45.1 Å². The van der Waals surface area contributed by atoms with Gasteiger partial charge in [0, 0.05) is 11.5 Å². The summed E-state index contributed by atoms with van der Waals surface area (Å²) in [6, 6.07) is 4.74. The summed E-state index contributed by atoms with van der Waals surface area (Å²) in [5, 5.41) is 0. The molecule has 3 rings (SSSR count). The maximum absolute atomic E-state index is 13.8. The van der Waals surface area contributed by atoms with Crippen molar-refractivity contribution in [1.29, 1.82) is 0 Å². The first-order valence-corrected chi connectivity index (χ1v) is 8.78. The molecule has 144 valence electrons. The third kappa shape index (κ3) is 4.24. The number of hydrogen-bond donors (Lipinski definition) is 0. The molecule has 0 unspecified atom stereocenters. The lowest BCUT2D eigenvalue weighted by atomic mass is 9.88. The highest BCUT2D eigenvalue weighted by Gasteiger charge is 2.28. The fourth-order valence-electron chi connectivity index (χ4n) is 3.40. The number of ketones is 1. The number of ether oxygens (including phenoxy) is 1. The molecule has 1 aliphatic heterocycles. The van der Waals surface area contributed by atoms with E-state index in [0.717, 1.165) is 18.2 Å². The van der Waals surface area contributed by atoms with Gasteiger partial charge in [-0.2, -0.15) is 0 Å². The lowest BCUT2D eigenvalue weighted by molar-refractivity contribution is 0.0557. The number of carbonyl (C=O) groups excluding carboxylic acids is 2. The molecule has 0 saturated carbocycles. The lowest BCUT2D eigenvalue weighted by Crippen LogP contribution is -2.36. The Morgan fingerprint density at radius 1 is 1.22 bits per heavy atom. The van der Waals surface area contributed by atoms with Gasteiger partial charge in [0.05, 0.1) is 19.2 Å². The molecule has 1 aromatic carbocycles. The van der Waals surface area contributed by atoms with Gasteiger partial charge in [0.25, 0.3) is 0 Å². The highest BCUT2D eigenvalue weighted by molar-refractivity contribution is 5.98. The second kappa shape index (κ2) is 8.00. The Morgan fingerprint density at radius 3 is 2.59 bits per heavy atom. The monoisotopic (exact) mass is 377 g/mol. The summed E-state index contributed by atoms with van der Waals surface area (Å²) in [4.78, 5) is 26.2. The Balaban J connectivity index is 1.60. The Morgan fingerprint density at radius 2 is 1.93 bits per heavy atom. The van der Waals surface area contributed by atoms with E-state index in [1.54, 1.807) is 13.0 Å². The molecule has 0 atom stereocenters. The maximum atomic E-state index is 13.8. The van der Waals surface area contributed by atoms with Crippen molar-refractivity contribution < 1.29 is 27.5 Å². The molecule has 27 heavy (non-hydrogen) atoms. The molecular weight excluding hydrogens is 356 g/mol. The van der Waals surface area contributed by atoms with Crippen molar-refractivity contribution in [3.05, 3.63) is 58.5 Å². The Labute approximate surface area is 155 Å². The van der Waals surface area contributed by atoms with Crippen LogP contribution in [-0.2, 0) is 11.3 Å². The van der Waals surface area contributed by atoms with Gasteiger partial charge in [-0.1, -0.05) is 0 Å². The zero-order valence-electron chi connectivity index (χ0n) is 15.3. The van der Waals surface area contributed by atoms with Gasteiger partial charge < -0.3 is 9.15 Å². The van der Waals surface area contributed by atoms with Gasteiger partial charge >= 0.3 is 5.97 Å². The highest BCUT2D eigenvalue weighted by Crippen LogP contribution is 2.25. The van der Waals surface area contributed by atoms with Gasteiger partial charge in [0.1, 0.15) is 17.4 Å². The molecule has 0 radical (unpaired) electrons. The van der Waals surface area contributed by atoms with Crippen LogP contribution in [0.15, 0.2) is 28.7 Å². The molecule has 5 nitrogen and oxygen atoms in total. The van der Waals surface area contributed by atoms with E-state index in [2.05, 4.69) is 9.64 Å². The summed E-state index contributed by atoms with van der Waals surface area (Å²) in [5.74, 6) is -1.67. The van der Waals surface area contributed by atoms with E-state index in [1.807, 2.05) is 0 Å². The largest absolute Gasteiger partial charge is 0.463 e. The molecule has 0 aliphatic carbocycles. The second-order valence-electron chi connectivity index (χ2n) is 6.76. The number of nitrogens with zero attached hydrogens (tertiary/aromatic N) is 1. The van der Waals surface area contributed by atoms with E-state index in [-0.39, 0.29) is 23.0 Å². The first-order valence-electron chi connectivity index (χ1n) is 8.78. The summed E-state index contributed by atoms with van der Waals surface area (Å²) in [6.07, 6.45) is 1.11. The Bertz CT molecular complexity index is 854. The molecule has 0 bridgehead atoms. The second-order valence-corrected chi connectivity index (χ2v) is 6.76. The van der Waals surface area contributed by atoms with E-state index in [1.165, 1.54) is 7.11 Å². The number of likely N-dealkylation sites (tertiary alicyclic amines) is 1. The zero-order valence-corrected chi connectivity index (χ0v) is 15.3. The number of rotatable bonds is 5. The molecule has 2 aromatic rings. The summed E-state index contributed by atoms with van der Waals surface area (Å²) < 4.78 is 37.4. The number of halogens is 2. The fraction of sp³-hybridized carbons (Fsp3) is 0.400. The van der Waals surface area contributed by atoms with E-state index < -0.39 is 17.6 Å². The number of Topliss-reactive ketones (excluding diaryl/α,β-unsaturated/α-hetero) is 1. The number of aryl methyl sites for hydroxylation is 1. The van der Waals surface area contributed by atoms with Crippen LogP contribution in [0.3, 0.4) is 0 Å². The summed E-state index contributed by atoms with van der Waals surface area (Å²) in [6.45, 7) is 3.53. The molecule has 0 spiro atoms. The summed E-state index contributed by atoms with van der Waals surface area (Å²) in [5.41, 5.74) is 0.529. The average molecular weight is 377 g/mol. The van der Waals surface area contributed by atoms with Crippen LogP contribution in [0.2, 0.25) is 0 Å². The number of hydrogen-bond acceptors (Lipinski definition) is 5. The standard InChI is InChI=1S/C20H21F2NO4/c1-12-9-15(27-19(12)20(25)26-2)11-23-7-5-13(6-8-23)18(24)16-10-14(21)3-4-17(16)22/h3-4,9-10,13H,5-8,11H2,1-2H3. The van der Waals surface area contributed by atoms with Crippen molar-refractivity contribution in [2.45, 2.75) is 26.3 Å². The maximum Gasteiger partial charge on any atom is 0.374 e. The highest BCUT2D eigenvalue weighted by atomic mass is 19.1. The van der Waals surface area contributed by atoms with E-state index in [9.17, 15) is 18.4 Å². The third-order valence-electron chi connectivity index (χ3n) is 4.87. The van der Waals surface area contributed by atoms with Crippen molar-refractivity contribution in [2.75, 3.05) is 20.2 Å². The minimum atomic E-state index is -0.690. The van der Waals surface area contributed by atoms with E-state index in [4.69, 9.17) is 4.42 Å². The normalized spacial score (nSPS) is 15.7. The van der Waals surface area contributed by atoms with Crippen LogP contribution in [0.5, 0.6) is 0 Å². The van der Waals surface area contributed by atoms with Crippen molar-refractivity contribution in [3.8, 4) is 0 Å². The van der Waals surface area contributed by atoms with Crippen LogP contribution >= 0.6 is 0 Å². The first kappa shape index (κ1) is 19.2. The first-order chi connectivity index (χ1) is 12.9. The Kier molecular flexibility index (Phi) is 5.70. The van der Waals surface area contributed by atoms with Crippen LogP contribution < -0.4 is 0 Å². The lowest BCUT2D eigenvalue weighted by Gasteiger charge is -2.30. The van der Waals surface area contributed by atoms with Gasteiger partial charge in [0.2, 0.25) is 5.76 Å². The quantitative estimate of drug-likeness (QED) is 0.587. The molecule has 0 amide bonds. The van der Waals surface area contributed by atoms with Gasteiger partial charge in [-0.25, -0.2) is 13.6 Å². The smallest absolute Gasteiger partial charge is 0.374 e. The van der Waals surface area contributed by atoms with Crippen molar-refractivity contribution in [2.24, 2.45) is 5.92 Å². The predicted molar refractivity (Wildman–Crippen MR) is 93.5 cm³/mol. The van der Waals surface area contributed by atoms with Crippen LogP contribution in [0, 0.1) is 24.5 Å². The molecule has 1 saturated heterocycles. The molecule has 1 aliphatic rings. The molecule has 7 heteroatoms. The molecule has 1 fully saturated rings. The molecular formula is C20H21F2NO4. The minimum Gasteiger partial charge on any atom is -0.463 e. The third-order valence-corrected chi connectivity index (χ3v) is 4.87. The van der Waals surface area contributed by atoms with Gasteiger partial charge in [-0.3, -0.25) is 9.69 Å². The van der Waals surface area contributed by atoms with Gasteiger partial charge in [0.15, 0.2) is 5.78 Å². The molecule has 1 aromatic heterocycles. The van der Waals surface area contributed by atoms with Crippen LogP contribution in [-0.4, -0.2) is 36.9 Å². The summed E-state index contributed by atoms with van der Waals surface area (Å²) in [7, 11) is 1.30. The number of furan rings is 1. The van der Waals surface area contributed by atoms with Crippen molar-refractivity contribution >= 4 is 11.8 Å². The summed E-state index contributed by atoms with van der Waals surface area (Å²) >= 11 is 0. The van der Waals surface area contributed by atoms with Crippen LogP contribution in [0.4, 0.5) is 8.78 Å². The topological polar surface area (TPSA) is 59.8 Å². The van der Waals surface area contributed by atoms with E-state index in [0.29, 0.717) is 43.8 Å². The van der Waals surface area contributed by atoms with Gasteiger partial charge in [-0.05, 0) is 57.1 Å². The SMILES string of the molecule is COC(=O)c1oc(CN2CCC(C(=O)c3cc(F)ccc3F)CC2)cc1C. The number of esters is 1. The fourth-order valence-corrected chi connectivity index (χ4v) is 3.40. The zero-order chi connectivity index (χ0) is 19.6. The predicted octanol–water partition coefficient (Wildman–Crippen LogP) is 3.75. The molecule has 2 heterocycles. The van der Waals surface area contributed by atoms with E-state index >= 15 is 0 Å². The number of benzene rings is 1. The number of carbonyl (C=O) groups is 2. The van der Waals surface area contributed by atoms with Gasteiger partial charge in [-0.15, -0.1) is 0 Å².